The molecule has 0 atom stereocenters. The van der Waals surface area contributed by atoms with Crippen LogP contribution in [-0.4, -0.2) is 5.78 Å². The van der Waals surface area contributed by atoms with Gasteiger partial charge >= 0.3 is 0 Å². The van der Waals surface area contributed by atoms with E-state index in [4.69, 9.17) is 0 Å². The molecule has 4 heteroatoms. The van der Waals surface area contributed by atoms with Crippen LogP contribution in [0.3, 0.4) is 0 Å². The fourth-order valence-corrected chi connectivity index (χ4v) is 4.14. The summed E-state index contributed by atoms with van der Waals surface area (Å²) < 4.78 is 1.05. The van der Waals surface area contributed by atoms with Crippen LogP contribution in [0.2, 0.25) is 0 Å². The van der Waals surface area contributed by atoms with Crippen LogP contribution >= 0.6 is 45.3 Å². The van der Waals surface area contributed by atoms with E-state index in [-0.39, 0.29) is 5.78 Å². The molecule has 0 spiro atoms. The van der Waals surface area contributed by atoms with Gasteiger partial charge in [-0.05, 0) is 54.0 Å². The third-order valence-electron chi connectivity index (χ3n) is 2.11. The molecule has 0 saturated carbocycles. The summed E-state index contributed by atoms with van der Waals surface area (Å²) in [4.78, 5) is 15.3. The maximum atomic E-state index is 12.2. The van der Waals surface area contributed by atoms with E-state index < -0.39 is 0 Å². The second-order valence-electron chi connectivity index (χ2n) is 3.25. The normalized spacial score (nSPS) is 10.6. The van der Waals surface area contributed by atoms with E-state index in [0.29, 0.717) is 0 Å². The van der Waals surface area contributed by atoms with Gasteiger partial charge < -0.3 is 0 Å². The first-order valence-electron chi connectivity index (χ1n) is 4.44. The van der Waals surface area contributed by atoms with E-state index >= 15 is 0 Å². The first-order valence-corrected chi connectivity index (χ1v) is 7.22. The topological polar surface area (TPSA) is 17.1 Å². The van der Waals surface area contributed by atoms with Crippen molar-refractivity contribution >= 4 is 51.0 Å². The summed E-state index contributed by atoms with van der Waals surface area (Å²) >= 11 is 5.41. The molecule has 0 aliphatic heterocycles. The first kappa shape index (κ1) is 11.3. The molecule has 2 rings (SSSR count). The molecular formula is C11H9IOS2. The fourth-order valence-electron chi connectivity index (χ4n) is 1.43. The van der Waals surface area contributed by atoms with E-state index in [2.05, 4.69) is 22.6 Å². The number of carbonyl (C=O) groups is 1. The Labute approximate surface area is 110 Å². The number of aryl methyl sites for hydroxylation is 2. The molecule has 0 aliphatic carbocycles. The molecular weight excluding hydrogens is 339 g/mol. The van der Waals surface area contributed by atoms with Crippen LogP contribution < -0.4 is 0 Å². The van der Waals surface area contributed by atoms with E-state index in [0.717, 1.165) is 18.9 Å². The summed E-state index contributed by atoms with van der Waals surface area (Å²) in [5, 5.41) is 1.96. The third-order valence-corrected chi connectivity index (χ3v) is 5.25. The van der Waals surface area contributed by atoms with Crippen LogP contribution in [0.15, 0.2) is 17.5 Å². The lowest BCUT2D eigenvalue weighted by Gasteiger charge is -1.97. The summed E-state index contributed by atoms with van der Waals surface area (Å²) in [7, 11) is 0. The molecule has 1 nitrogen and oxygen atoms in total. The van der Waals surface area contributed by atoms with Crippen molar-refractivity contribution in [3.8, 4) is 0 Å². The van der Waals surface area contributed by atoms with Crippen LogP contribution in [-0.2, 0) is 0 Å². The Morgan fingerprint density at radius 1 is 1.40 bits per heavy atom. The zero-order valence-electron chi connectivity index (χ0n) is 8.33. The lowest BCUT2D eigenvalue weighted by atomic mass is 10.1. The molecule has 2 aromatic rings. The van der Waals surface area contributed by atoms with Gasteiger partial charge in [0.05, 0.1) is 4.88 Å². The standard InChI is InChI=1S/C11H9IOS2/c1-6-5-8(7(2)15-6)10(13)11-9(12)3-4-14-11/h3-5H,1-2H3. The van der Waals surface area contributed by atoms with Gasteiger partial charge in [0.25, 0.3) is 0 Å². The molecule has 2 heterocycles. The molecule has 0 radical (unpaired) electrons. The number of thiophene rings is 2. The highest BCUT2D eigenvalue weighted by Crippen LogP contribution is 2.27. The summed E-state index contributed by atoms with van der Waals surface area (Å²) in [5.41, 5.74) is 0.859. The summed E-state index contributed by atoms with van der Waals surface area (Å²) in [5.74, 6) is 0.163. The van der Waals surface area contributed by atoms with Crippen molar-refractivity contribution in [2.75, 3.05) is 0 Å². The van der Waals surface area contributed by atoms with Crippen molar-refractivity contribution in [1.82, 2.24) is 0 Å². The molecule has 15 heavy (non-hydrogen) atoms. The van der Waals surface area contributed by atoms with Crippen molar-refractivity contribution in [3.05, 3.63) is 41.3 Å². The minimum absolute atomic E-state index is 0.163. The van der Waals surface area contributed by atoms with Crippen molar-refractivity contribution in [2.45, 2.75) is 13.8 Å². The minimum atomic E-state index is 0.163. The quantitative estimate of drug-likeness (QED) is 0.585. The predicted molar refractivity (Wildman–Crippen MR) is 74.3 cm³/mol. The van der Waals surface area contributed by atoms with E-state index in [1.807, 2.05) is 31.4 Å². The van der Waals surface area contributed by atoms with Gasteiger partial charge in [-0.25, -0.2) is 0 Å². The van der Waals surface area contributed by atoms with Crippen LogP contribution in [0.25, 0.3) is 0 Å². The Morgan fingerprint density at radius 3 is 2.60 bits per heavy atom. The molecule has 0 aliphatic rings. The lowest BCUT2D eigenvalue weighted by molar-refractivity contribution is 0.104. The van der Waals surface area contributed by atoms with Gasteiger partial charge in [-0.1, -0.05) is 0 Å². The van der Waals surface area contributed by atoms with Crippen molar-refractivity contribution in [1.29, 1.82) is 0 Å². The minimum Gasteiger partial charge on any atom is -0.288 e. The van der Waals surface area contributed by atoms with E-state index in [9.17, 15) is 4.79 Å². The molecule has 0 saturated heterocycles. The van der Waals surface area contributed by atoms with Gasteiger partial charge in [-0.3, -0.25) is 4.79 Å². The molecule has 0 fully saturated rings. The Balaban J connectivity index is 2.45. The van der Waals surface area contributed by atoms with Gasteiger partial charge in [-0.2, -0.15) is 0 Å². The molecule has 2 aromatic heterocycles. The fraction of sp³-hybridized carbons (Fsp3) is 0.182. The van der Waals surface area contributed by atoms with Gasteiger partial charge in [-0.15, -0.1) is 22.7 Å². The van der Waals surface area contributed by atoms with E-state index in [1.54, 1.807) is 11.3 Å². The van der Waals surface area contributed by atoms with Gasteiger partial charge in [0.2, 0.25) is 5.78 Å². The first-order chi connectivity index (χ1) is 7.09. The van der Waals surface area contributed by atoms with E-state index in [1.165, 1.54) is 16.2 Å². The second kappa shape index (κ2) is 4.35. The van der Waals surface area contributed by atoms with Gasteiger partial charge in [0, 0.05) is 18.9 Å². The Hall–Kier alpha value is -0.200. The monoisotopic (exact) mass is 348 g/mol. The number of halogens is 1. The molecule has 0 bridgehead atoms. The number of ketones is 1. The summed E-state index contributed by atoms with van der Waals surface area (Å²) in [6.07, 6.45) is 0. The highest BCUT2D eigenvalue weighted by Gasteiger charge is 2.17. The Morgan fingerprint density at radius 2 is 2.13 bits per heavy atom. The molecule has 0 unspecified atom stereocenters. The SMILES string of the molecule is Cc1cc(C(=O)c2sccc2I)c(C)s1. The molecule has 0 amide bonds. The molecule has 0 N–H and O–H groups in total. The van der Waals surface area contributed by atoms with Gasteiger partial charge in [0.15, 0.2) is 0 Å². The summed E-state index contributed by atoms with van der Waals surface area (Å²) in [6, 6.07) is 3.96. The van der Waals surface area contributed by atoms with Crippen molar-refractivity contribution in [3.63, 3.8) is 0 Å². The number of hydrogen-bond donors (Lipinski definition) is 0. The van der Waals surface area contributed by atoms with Gasteiger partial charge in [0.1, 0.15) is 0 Å². The number of rotatable bonds is 2. The maximum Gasteiger partial charge on any atom is 0.205 e. The van der Waals surface area contributed by atoms with Crippen LogP contribution in [0.4, 0.5) is 0 Å². The average molecular weight is 348 g/mol. The highest BCUT2D eigenvalue weighted by molar-refractivity contribution is 14.1. The van der Waals surface area contributed by atoms with Crippen molar-refractivity contribution < 1.29 is 4.79 Å². The average Bonchev–Trinajstić information content (AvgIpc) is 2.71. The van der Waals surface area contributed by atoms with Crippen molar-refractivity contribution in [2.24, 2.45) is 0 Å². The van der Waals surface area contributed by atoms with Crippen LogP contribution in [0, 0.1) is 17.4 Å². The maximum absolute atomic E-state index is 12.2. The smallest absolute Gasteiger partial charge is 0.205 e. The highest BCUT2D eigenvalue weighted by atomic mass is 127. The zero-order valence-corrected chi connectivity index (χ0v) is 12.1. The molecule has 0 aromatic carbocycles. The lowest BCUT2D eigenvalue weighted by Crippen LogP contribution is -2.00. The Bertz CT molecular complexity index is 510. The molecule has 78 valence electrons. The summed E-state index contributed by atoms with van der Waals surface area (Å²) in [6.45, 7) is 4.04. The van der Waals surface area contributed by atoms with Crippen LogP contribution in [0.1, 0.15) is 25.0 Å². The Kier molecular flexibility index (Phi) is 3.27. The number of carbonyl (C=O) groups excluding carboxylic acids is 1. The predicted octanol–water partition coefficient (Wildman–Crippen LogP) is 4.26. The second-order valence-corrected chi connectivity index (χ2v) is 6.79. The van der Waals surface area contributed by atoms with Crippen LogP contribution in [0.5, 0.6) is 0 Å². The number of hydrogen-bond acceptors (Lipinski definition) is 3. The largest absolute Gasteiger partial charge is 0.288 e. The zero-order chi connectivity index (χ0) is 11.0. The third kappa shape index (κ3) is 2.16.